The molecule has 5 aromatic heterocycles. The molecule has 1 aliphatic heterocycles. The molecule has 12 heteroatoms. The summed E-state index contributed by atoms with van der Waals surface area (Å²) < 4.78 is 36.9. The van der Waals surface area contributed by atoms with Gasteiger partial charge in [0.05, 0.1) is 35.8 Å². The van der Waals surface area contributed by atoms with Gasteiger partial charge in [-0.2, -0.15) is 5.10 Å². The van der Waals surface area contributed by atoms with Crippen LogP contribution in [0.15, 0.2) is 47.7 Å². The molecule has 0 unspecified atom stereocenters. The monoisotopic (exact) mass is 478 g/mol. The largest absolute Gasteiger partial charge is 0.429 e. The molecule has 1 amide bonds. The number of alkyl halides is 2. The second kappa shape index (κ2) is 7.86. The minimum Gasteiger partial charge on any atom is -0.429 e. The van der Waals surface area contributed by atoms with E-state index in [4.69, 9.17) is 4.42 Å². The third kappa shape index (κ3) is 3.32. The molecule has 0 aliphatic carbocycles. The number of imidazole rings is 2. The van der Waals surface area contributed by atoms with E-state index in [0.717, 1.165) is 16.8 Å². The zero-order valence-corrected chi connectivity index (χ0v) is 18.8. The number of fused-ring (bicyclic) bond motifs is 2. The maximum atomic E-state index is 14.0. The van der Waals surface area contributed by atoms with Gasteiger partial charge < -0.3 is 18.9 Å². The third-order valence-corrected chi connectivity index (χ3v) is 6.29. The van der Waals surface area contributed by atoms with Crippen LogP contribution in [0.25, 0.3) is 17.1 Å². The zero-order valence-electron chi connectivity index (χ0n) is 18.8. The molecule has 6 rings (SSSR count). The predicted octanol–water partition coefficient (Wildman–Crippen LogP) is 3.48. The molecular weight excluding hydrogens is 458 g/mol. The molecule has 35 heavy (non-hydrogen) atoms. The SMILES string of the molecule is Cc1cccn2nc([C@@H]3c4nc[nH]c4CCN3C(=O)c3oc(-c4cncn4C)nc3C(F)F)cc12. The van der Waals surface area contributed by atoms with Crippen molar-refractivity contribution in [3.05, 3.63) is 77.3 Å². The summed E-state index contributed by atoms with van der Waals surface area (Å²) in [6.45, 7) is 2.23. The summed E-state index contributed by atoms with van der Waals surface area (Å²) in [5.74, 6) is -1.30. The van der Waals surface area contributed by atoms with Crippen molar-refractivity contribution in [3.8, 4) is 11.6 Å². The Labute approximate surface area is 197 Å². The van der Waals surface area contributed by atoms with E-state index in [0.29, 0.717) is 23.5 Å². The highest BCUT2D eigenvalue weighted by Gasteiger charge is 2.40. The van der Waals surface area contributed by atoms with Gasteiger partial charge in [0, 0.05) is 31.9 Å². The summed E-state index contributed by atoms with van der Waals surface area (Å²) >= 11 is 0. The van der Waals surface area contributed by atoms with Gasteiger partial charge in [0.2, 0.25) is 11.7 Å². The number of rotatable bonds is 4. The normalized spacial score (nSPS) is 15.8. The van der Waals surface area contributed by atoms with E-state index in [-0.39, 0.29) is 12.4 Å². The first kappa shape index (κ1) is 21.2. The minimum absolute atomic E-state index is 0.0963. The number of nitrogens with one attached hydrogen (secondary N) is 1. The van der Waals surface area contributed by atoms with Gasteiger partial charge in [0.25, 0.3) is 12.3 Å². The number of halogens is 2. The summed E-state index contributed by atoms with van der Waals surface area (Å²) in [7, 11) is 1.68. The van der Waals surface area contributed by atoms with Crippen LogP contribution in [0.4, 0.5) is 8.78 Å². The highest BCUT2D eigenvalue weighted by molar-refractivity contribution is 5.93. The lowest BCUT2D eigenvalue weighted by atomic mass is 9.99. The number of aryl methyl sites for hydroxylation is 2. The second-order valence-corrected chi connectivity index (χ2v) is 8.43. The summed E-state index contributed by atoms with van der Waals surface area (Å²) in [5.41, 5.74) is 3.63. The van der Waals surface area contributed by atoms with E-state index in [2.05, 4.69) is 25.0 Å². The summed E-state index contributed by atoms with van der Waals surface area (Å²) in [5, 5.41) is 4.68. The van der Waals surface area contributed by atoms with E-state index in [1.165, 1.54) is 17.4 Å². The Morgan fingerprint density at radius 1 is 1.34 bits per heavy atom. The number of pyridine rings is 1. The van der Waals surface area contributed by atoms with Crippen LogP contribution in [0.2, 0.25) is 0 Å². The number of H-pyrrole nitrogens is 1. The summed E-state index contributed by atoms with van der Waals surface area (Å²) in [4.78, 5) is 30.7. The molecule has 10 nitrogen and oxygen atoms in total. The summed E-state index contributed by atoms with van der Waals surface area (Å²) in [6, 6.07) is 5.05. The van der Waals surface area contributed by atoms with Gasteiger partial charge in [0.1, 0.15) is 11.7 Å². The molecule has 0 saturated carbocycles. The van der Waals surface area contributed by atoms with E-state index < -0.39 is 29.8 Å². The predicted molar refractivity (Wildman–Crippen MR) is 119 cm³/mol. The first-order chi connectivity index (χ1) is 16.9. The molecule has 0 radical (unpaired) electrons. The highest BCUT2D eigenvalue weighted by atomic mass is 19.3. The Kier molecular flexibility index (Phi) is 4.76. The van der Waals surface area contributed by atoms with Crippen LogP contribution in [0, 0.1) is 6.92 Å². The smallest absolute Gasteiger partial charge is 0.292 e. The second-order valence-electron chi connectivity index (χ2n) is 8.43. The van der Waals surface area contributed by atoms with Gasteiger partial charge >= 0.3 is 0 Å². The topological polar surface area (TPSA) is 110 Å². The van der Waals surface area contributed by atoms with Gasteiger partial charge in [-0.1, -0.05) is 6.07 Å². The van der Waals surface area contributed by atoms with E-state index in [1.54, 1.807) is 22.5 Å². The molecule has 1 atom stereocenters. The van der Waals surface area contributed by atoms with Crippen LogP contribution in [0.5, 0.6) is 0 Å². The van der Waals surface area contributed by atoms with Gasteiger partial charge in [-0.05, 0) is 24.6 Å². The van der Waals surface area contributed by atoms with E-state index >= 15 is 0 Å². The first-order valence-corrected chi connectivity index (χ1v) is 11.0. The van der Waals surface area contributed by atoms with Crippen molar-refractivity contribution in [2.24, 2.45) is 7.05 Å². The van der Waals surface area contributed by atoms with Crippen molar-refractivity contribution in [2.75, 3.05) is 6.54 Å². The zero-order chi connectivity index (χ0) is 24.3. The van der Waals surface area contributed by atoms with E-state index in [1.807, 2.05) is 31.3 Å². The Morgan fingerprint density at radius 2 is 2.20 bits per heavy atom. The molecule has 0 aromatic carbocycles. The Morgan fingerprint density at radius 3 is 2.94 bits per heavy atom. The first-order valence-electron chi connectivity index (χ1n) is 11.0. The van der Waals surface area contributed by atoms with Crippen LogP contribution in [-0.2, 0) is 13.5 Å². The lowest BCUT2D eigenvalue weighted by Gasteiger charge is -2.33. The quantitative estimate of drug-likeness (QED) is 0.424. The van der Waals surface area contributed by atoms with Crippen LogP contribution in [0.3, 0.4) is 0 Å². The number of carbonyl (C=O) groups is 1. The molecule has 0 spiro atoms. The van der Waals surface area contributed by atoms with Crippen molar-refractivity contribution >= 4 is 11.4 Å². The Balaban J connectivity index is 1.47. The molecule has 178 valence electrons. The fourth-order valence-corrected chi connectivity index (χ4v) is 4.54. The maximum absolute atomic E-state index is 14.0. The average Bonchev–Trinajstić information content (AvgIpc) is 3.62. The number of aromatic nitrogens is 7. The van der Waals surface area contributed by atoms with Crippen molar-refractivity contribution in [1.82, 2.24) is 39.0 Å². The number of hydrogen-bond acceptors (Lipinski definition) is 6. The molecule has 0 saturated heterocycles. The number of carbonyl (C=O) groups excluding carboxylic acids is 1. The molecule has 0 bridgehead atoms. The van der Waals surface area contributed by atoms with Crippen molar-refractivity contribution < 1.29 is 18.0 Å². The van der Waals surface area contributed by atoms with Gasteiger partial charge in [-0.15, -0.1) is 0 Å². The van der Waals surface area contributed by atoms with Crippen LogP contribution in [-0.4, -0.2) is 51.5 Å². The van der Waals surface area contributed by atoms with Gasteiger partial charge in [-0.3, -0.25) is 4.79 Å². The Bertz CT molecular complexity index is 1560. The molecule has 0 fully saturated rings. The molecule has 1 aliphatic rings. The van der Waals surface area contributed by atoms with Crippen molar-refractivity contribution in [3.63, 3.8) is 0 Å². The Hall–Kier alpha value is -4.35. The molecule has 5 aromatic rings. The lowest BCUT2D eigenvalue weighted by Crippen LogP contribution is -2.41. The van der Waals surface area contributed by atoms with Gasteiger partial charge in [-0.25, -0.2) is 28.2 Å². The third-order valence-electron chi connectivity index (χ3n) is 6.29. The maximum Gasteiger partial charge on any atom is 0.292 e. The fraction of sp³-hybridized carbons (Fsp3) is 0.261. The fourth-order valence-electron chi connectivity index (χ4n) is 4.54. The minimum atomic E-state index is -3.00. The molecular formula is C23H20F2N8O2. The number of nitrogens with zero attached hydrogens (tertiary/aromatic N) is 7. The number of hydrogen-bond donors (Lipinski definition) is 1. The molecule has 1 N–H and O–H groups in total. The highest BCUT2D eigenvalue weighted by Crippen LogP contribution is 2.37. The van der Waals surface area contributed by atoms with Crippen molar-refractivity contribution in [2.45, 2.75) is 25.8 Å². The number of oxazole rings is 1. The number of amides is 1. The van der Waals surface area contributed by atoms with Crippen LogP contribution >= 0.6 is 0 Å². The van der Waals surface area contributed by atoms with Gasteiger partial charge in [0.15, 0.2) is 5.69 Å². The average molecular weight is 478 g/mol. The molecule has 6 heterocycles. The number of aromatic amines is 1. The lowest BCUT2D eigenvalue weighted by molar-refractivity contribution is 0.0640. The van der Waals surface area contributed by atoms with Crippen LogP contribution in [0.1, 0.15) is 51.4 Å². The standard InChI is InChI=1S/C23H20F2N8O2/c1-12-4-3-6-33-15(12)8-14(30-33)19-17-13(27-10-28-17)5-7-32(19)23(34)20-18(21(24)25)29-22(35-20)16-9-26-11-31(16)2/h3-4,6,8-11,19,21H,5,7H2,1-2H3,(H,27,28)/t19-/m1/s1. The summed E-state index contributed by atoms with van der Waals surface area (Å²) in [6.07, 6.45) is 3.80. The van der Waals surface area contributed by atoms with E-state index in [9.17, 15) is 13.6 Å². The van der Waals surface area contributed by atoms with Crippen LogP contribution < -0.4 is 0 Å². The van der Waals surface area contributed by atoms with Crippen molar-refractivity contribution in [1.29, 1.82) is 0 Å².